The molecule has 0 fully saturated rings. The van der Waals surface area contributed by atoms with E-state index in [0.717, 1.165) is 27.8 Å². The smallest absolute Gasteiger partial charge is 0.164 e. The maximum Gasteiger partial charge on any atom is 0.164 e. The van der Waals surface area contributed by atoms with Gasteiger partial charge in [-0.15, -0.1) is 0 Å². The third-order valence-corrected chi connectivity index (χ3v) is 13.4. The van der Waals surface area contributed by atoms with Crippen LogP contribution < -0.4 is 0 Å². The van der Waals surface area contributed by atoms with Gasteiger partial charge in [0, 0.05) is 22.1 Å². The van der Waals surface area contributed by atoms with E-state index in [1.807, 2.05) is 24.3 Å². The molecule has 1 heterocycles. The fourth-order valence-electron chi connectivity index (χ4n) is 10.6. The molecule has 2 aliphatic rings. The number of nitrogens with zero attached hydrogens (tertiary/aromatic N) is 3. The van der Waals surface area contributed by atoms with E-state index in [1.165, 1.54) is 66.4 Å². The summed E-state index contributed by atoms with van der Waals surface area (Å²) < 4.78 is 0. The summed E-state index contributed by atoms with van der Waals surface area (Å²) in [4.78, 5) is 15.9. The van der Waals surface area contributed by atoms with Crippen LogP contribution in [-0.4, -0.2) is 15.0 Å². The Morgan fingerprint density at radius 2 is 0.774 bits per heavy atom. The van der Waals surface area contributed by atoms with E-state index in [-0.39, 0.29) is 5.41 Å². The molecule has 0 atom stereocenters. The van der Waals surface area contributed by atoms with Crippen LogP contribution in [0, 0.1) is 0 Å². The van der Waals surface area contributed by atoms with E-state index < -0.39 is 5.41 Å². The minimum atomic E-state index is -0.577. The van der Waals surface area contributed by atoms with Gasteiger partial charge in [0.2, 0.25) is 0 Å². The van der Waals surface area contributed by atoms with Gasteiger partial charge in [-0.25, -0.2) is 15.0 Å². The summed E-state index contributed by atoms with van der Waals surface area (Å²) >= 11 is 0. The predicted octanol–water partition coefficient (Wildman–Crippen LogP) is 14.4. The van der Waals surface area contributed by atoms with Crippen LogP contribution in [-0.2, 0) is 10.8 Å². The number of hydrogen-bond donors (Lipinski definition) is 0. The second kappa shape index (κ2) is 13.9. The van der Waals surface area contributed by atoms with Crippen LogP contribution in [0.2, 0.25) is 0 Å². The van der Waals surface area contributed by atoms with Gasteiger partial charge in [0.05, 0.1) is 5.41 Å². The maximum atomic E-state index is 5.40. The molecule has 0 aliphatic heterocycles. The van der Waals surface area contributed by atoms with Gasteiger partial charge in [-0.2, -0.15) is 0 Å². The summed E-state index contributed by atoms with van der Waals surface area (Å²) in [7, 11) is 0. The number of fused-ring (bicyclic) bond motifs is 10. The predicted molar refractivity (Wildman–Crippen MR) is 254 cm³/mol. The van der Waals surface area contributed by atoms with Crippen molar-refractivity contribution in [2.75, 3.05) is 0 Å². The van der Waals surface area contributed by atoms with Crippen molar-refractivity contribution >= 4 is 10.8 Å². The number of hydrogen-bond acceptors (Lipinski definition) is 3. The highest BCUT2D eigenvalue weighted by atomic mass is 15.0. The monoisotopic (exact) mass is 791 g/mol. The van der Waals surface area contributed by atoms with Gasteiger partial charge >= 0.3 is 0 Å². The molecule has 0 unspecified atom stereocenters. The number of benzene rings is 9. The molecule has 3 heteroatoms. The Morgan fingerprint density at radius 1 is 0.306 bits per heavy atom. The Bertz CT molecular complexity index is 3310. The first-order valence-electron chi connectivity index (χ1n) is 21.4. The molecule has 12 rings (SSSR count). The van der Waals surface area contributed by atoms with Gasteiger partial charge in [-0.1, -0.05) is 220 Å². The molecule has 292 valence electrons. The lowest BCUT2D eigenvalue weighted by Crippen LogP contribution is -2.40. The highest BCUT2D eigenvalue weighted by molar-refractivity contribution is 6.01. The van der Waals surface area contributed by atoms with Crippen molar-refractivity contribution in [3.8, 4) is 67.5 Å². The molecule has 0 saturated carbocycles. The average Bonchev–Trinajstić information content (AvgIpc) is 3.64. The Kier molecular flexibility index (Phi) is 8.10. The standard InChI is InChI=1S/C59H41N3/c1-58(2)49-26-11-13-28-51(49)59(52-29-14-12-27-50(52)58)48-36-35-43(45-24-15-22-40-19-9-10-23-44(40)45)37-47(48)54-46(25-16-30-53(54)59)57-61-55(41-20-7-4-8-21-41)60-56(62-57)42-33-31-39(32-34-42)38-17-5-3-6-18-38/h3-37H,1-2H3. The highest BCUT2D eigenvalue weighted by Gasteiger charge is 2.54. The quantitative estimate of drug-likeness (QED) is 0.174. The molecule has 2 aliphatic carbocycles. The molecule has 9 aromatic carbocycles. The van der Waals surface area contributed by atoms with Crippen LogP contribution in [0.1, 0.15) is 47.2 Å². The molecular weight excluding hydrogens is 751 g/mol. The van der Waals surface area contributed by atoms with Crippen LogP contribution >= 0.6 is 0 Å². The van der Waals surface area contributed by atoms with Gasteiger partial charge in [0.25, 0.3) is 0 Å². The fourth-order valence-corrected chi connectivity index (χ4v) is 10.6. The van der Waals surface area contributed by atoms with Crippen molar-refractivity contribution in [2.45, 2.75) is 24.7 Å². The van der Waals surface area contributed by atoms with E-state index in [9.17, 15) is 0 Å². The molecule has 0 bridgehead atoms. The summed E-state index contributed by atoms with van der Waals surface area (Å²) in [6.45, 7) is 4.75. The largest absolute Gasteiger partial charge is 0.208 e. The van der Waals surface area contributed by atoms with Crippen molar-refractivity contribution < 1.29 is 0 Å². The van der Waals surface area contributed by atoms with E-state index in [2.05, 4.69) is 202 Å². The molecule has 62 heavy (non-hydrogen) atoms. The van der Waals surface area contributed by atoms with E-state index in [4.69, 9.17) is 15.0 Å². The lowest BCUT2D eigenvalue weighted by atomic mass is 9.55. The van der Waals surface area contributed by atoms with Crippen LogP contribution in [0.4, 0.5) is 0 Å². The molecule has 0 radical (unpaired) electrons. The average molecular weight is 792 g/mol. The normalized spacial score (nSPS) is 13.9. The summed E-state index contributed by atoms with van der Waals surface area (Å²) in [6.07, 6.45) is 0. The van der Waals surface area contributed by atoms with Crippen molar-refractivity contribution in [3.63, 3.8) is 0 Å². The van der Waals surface area contributed by atoms with Crippen LogP contribution in [0.5, 0.6) is 0 Å². The zero-order valence-electron chi connectivity index (χ0n) is 34.5. The molecule has 0 saturated heterocycles. The lowest BCUT2D eigenvalue weighted by molar-refractivity contribution is 0.563. The summed E-state index contributed by atoms with van der Waals surface area (Å²) in [5.41, 5.74) is 17.0. The zero-order valence-corrected chi connectivity index (χ0v) is 34.5. The minimum absolute atomic E-state index is 0.203. The van der Waals surface area contributed by atoms with Crippen LogP contribution in [0.15, 0.2) is 212 Å². The van der Waals surface area contributed by atoms with Crippen molar-refractivity contribution in [1.82, 2.24) is 15.0 Å². The van der Waals surface area contributed by atoms with Crippen molar-refractivity contribution in [3.05, 3.63) is 246 Å². The second-order valence-electron chi connectivity index (χ2n) is 17.1. The van der Waals surface area contributed by atoms with Crippen molar-refractivity contribution in [1.29, 1.82) is 0 Å². The van der Waals surface area contributed by atoms with Crippen molar-refractivity contribution in [2.24, 2.45) is 0 Å². The third-order valence-electron chi connectivity index (χ3n) is 13.4. The summed E-state index contributed by atoms with van der Waals surface area (Å²) in [5, 5.41) is 2.46. The fraction of sp³-hybridized carbons (Fsp3) is 0.0678. The highest BCUT2D eigenvalue weighted by Crippen LogP contribution is 2.63. The molecule has 0 N–H and O–H groups in total. The Hall–Kier alpha value is -7.75. The maximum absolute atomic E-state index is 5.40. The topological polar surface area (TPSA) is 38.7 Å². The molecule has 1 spiro atoms. The van der Waals surface area contributed by atoms with E-state index >= 15 is 0 Å². The first-order chi connectivity index (χ1) is 30.5. The molecule has 0 amide bonds. The Balaban J connectivity index is 1.15. The lowest BCUT2D eigenvalue weighted by Gasteiger charge is -2.46. The number of aromatic nitrogens is 3. The SMILES string of the molecule is CC1(C)c2ccccc2C2(c3ccc(-c4cccc5ccccc45)cc3-c3c(-c4nc(-c5ccccc5)nc(-c5ccc(-c6ccccc6)cc5)n4)cccc32)c2ccccc21. The molecular formula is C59H41N3. The summed E-state index contributed by atoms with van der Waals surface area (Å²) in [6, 6.07) is 76.8. The van der Waals surface area contributed by atoms with Gasteiger partial charge in [-0.05, 0) is 83.6 Å². The van der Waals surface area contributed by atoms with Crippen LogP contribution in [0.25, 0.3) is 78.3 Å². The Labute approximate surface area is 362 Å². The zero-order chi connectivity index (χ0) is 41.4. The first kappa shape index (κ1) is 36.1. The van der Waals surface area contributed by atoms with Gasteiger partial charge in [0.15, 0.2) is 17.5 Å². The molecule has 1 aromatic heterocycles. The minimum Gasteiger partial charge on any atom is -0.208 e. The number of rotatable bonds is 5. The third kappa shape index (κ3) is 5.34. The first-order valence-corrected chi connectivity index (χ1v) is 21.4. The molecule has 10 aromatic rings. The van der Waals surface area contributed by atoms with E-state index in [0.29, 0.717) is 17.5 Å². The van der Waals surface area contributed by atoms with Gasteiger partial charge in [0.1, 0.15) is 0 Å². The molecule has 3 nitrogen and oxygen atoms in total. The van der Waals surface area contributed by atoms with Crippen LogP contribution in [0.3, 0.4) is 0 Å². The van der Waals surface area contributed by atoms with Gasteiger partial charge < -0.3 is 0 Å². The second-order valence-corrected chi connectivity index (χ2v) is 17.1. The van der Waals surface area contributed by atoms with E-state index in [1.54, 1.807) is 0 Å². The van der Waals surface area contributed by atoms with Gasteiger partial charge in [-0.3, -0.25) is 0 Å². The summed E-state index contributed by atoms with van der Waals surface area (Å²) in [5.74, 6) is 1.93. The Morgan fingerprint density at radius 3 is 1.47 bits per heavy atom.